The fourth-order valence-electron chi connectivity index (χ4n) is 1.70. The van der Waals surface area contributed by atoms with Crippen LogP contribution in [0.4, 0.5) is 5.69 Å². The van der Waals surface area contributed by atoms with Crippen molar-refractivity contribution in [3.05, 3.63) is 40.4 Å². The molecule has 100 valence electrons. The molecule has 1 aromatic carbocycles. The number of nitrogens with zero attached hydrogens (tertiary/aromatic N) is 3. The van der Waals surface area contributed by atoms with Gasteiger partial charge in [0.1, 0.15) is 5.82 Å². The first kappa shape index (κ1) is 13.4. The first-order valence-electron chi connectivity index (χ1n) is 5.66. The molecule has 0 aliphatic heterocycles. The molecule has 1 aromatic heterocycles. The predicted molar refractivity (Wildman–Crippen MR) is 72.8 cm³/mol. The molecule has 0 aliphatic rings. The van der Waals surface area contributed by atoms with Gasteiger partial charge < -0.3 is 10.6 Å². The van der Waals surface area contributed by atoms with Crippen LogP contribution in [0.2, 0.25) is 5.02 Å². The maximum absolute atomic E-state index is 12.3. The number of aromatic amines is 1. The summed E-state index contributed by atoms with van der Waals surface area (Å²) >= 11 is 6.01. The molecule has 3 N–H and O–H groups in total. The van der Waals surface area contributed by atoms with Crippen LogP contribution in [0.3, 0.4) is 0 Å². The minimum Gasteiger partial charge on any atom is -0.398 e. The summed E-state index contributed by atoms with van der Waals surface area (Å²) in [5.41, 5.74) is 6.45. The molecule has 0 saturated heterocycles. The highest BCUT2D eigenvalue weighted by Gasteiger charge is 2.19. The Bertz CT molecular complexity index is 590. The molecule has 0 spiro atoms. The molecular weight excluding hydrogens is 266 g/mol. The van der Waals surface area contributed by atoms with Gasteiger partial charge in [-0.2, -0.15) is 5.10 Å². The van der Waals surface area contributed by atoms with E-state index in [0.717, 1.165) is 0 Å². The predicted octanol–water partition coefficient (Wildman–Crippen LogP) is 1.62. The van der Waals surface area contributed by atoms with Crippen molar-refractivity contribution in [1.29, 1.82) is 0 Å². The molecule has 1 amide bonds. The zero-order chi connectivity index (χ0) is 14.0. The van der Waals surface area contributed by atoms with Gasteiger partial charge in [-0.1, -0.05) is 17.7 Å². The minimum atomic E-state index is -0.259. The van der Waals surface area contributed by atoms with Crippen molar-refractivity contribution < 1.29 is 4.79 Å². The highest BCUT2D eigenvalue weighted by molar-refractivity contribution is 6.34. The maximum atomic E-state index is 12.3. The van der Waals surface area contributed by atoms with E-state index in [0.29, 0.717) is 27.9 Å². The molecule has 1 heterocycles. The molecule has 0 fully saturated rings. The number of amides is 1. The van der Waals surface area contributed by atoms with Crippen molar-refractivity contribution in [3.63, 3.8) is 0 Å². The zero-order valence-electron chi connectivity index (χ0n) is 10.6. The van der Waals surface area contributed by atoms with E-state index in [2.05, 4.69) is 15.2 Å². The largest absolute Gasteiger partial charge is 0.398 e. The summed E-state index contributed by atoms with van der Waals surface area (Å²) in [7, 11) is 1.65. The summed E-state index contributed by atoms with van der Waals surface area (Å²) in [6, 6.07) is 4.98. The summed E-state index contributed by atoms with van der Waals surface area (Å²) in [5, 5.41) is 7.04. The first-order chi connectivity index (χ1) is 8.99. The van der Waals surface area contributed by atoms with Crippen molar-refractivity contribution in [1.82, 2.24) is 20.1 Å². The quantitative estimate of drug-likeness (QED) is 0.836. The Balaban J connectivity index is 2.19. The lowest BCUT2D eigenvalue weighted by Crippen LogP contribution is -2.27. The molecule has 0 bridgehead atoms. The average molecular weight is 280 g/mol. The summed E-state index contributed by atoms with van der Waals surface area (Å²) in [5.74, 6) is 0.984. The van der Waals surface area contributed by atoms with E-state index >= 15 is 0 Å². The van der Waals surface area contributed by atoms with E-state index < -0.39 is 0 Å². The van der Waals surface area contributed by atoms with E-state index in [9.17, 15) is 4.79 Å². The fraction of sp³-hybridized carbons (Fsp3) is 0.250. The SMILES string of the molecule is Cc1nc(CN(C)C(=O)c2c(N)cccc2Cl)n[nH]1. The van der Waals surface area contributed by atoms with Crippen LogP contribution >= 0.6 is 11.6 Å². The lowest BCUT2D eigenvalue weighted by molar-refractivity contribution is 0.0783. The molecule has 0 aliphatic carbocycles. The van der Waals surface area contributed by atoms with Gasteiger partial charge in [0.2, 0.25) is 0 Å². The van der Waals surface area contributed by atoms with Crippen molar-refractivity contribution in [3.8, 4) is 0 Å². The second kappa shape index (κ2) is 5.27. The topological polar surface area (TPSA) is 87.9 Å². The Kier molecular flexibility index (Phi) is 3.71. The molecule has 0 atom stereocenters. The monoisotopic (exact) mass is 279 g/mol. The number of halogens is 1. The van der Waals surface area contributed by atoms with Gasteiger partial charge in [0.25, 0.3) is 5.91 Å². The summed E-state index contributed by atoms with van der Waals surface area (Å²) in [4.78, 5) is 17.9. The number of hydrogen-bond donors (Lipinski definition) is 2. The van der Waals surface area contributed by atoms with Crippen LogP contribution < -0.4 is 5.73 Å². The van der Waals surface area contributed by atoms with Crippen molar-refractivity contribution in [2.75, 3.05) is 12.8 Å². The highest BCUT2D eigenvalue weighted by Crippen LogP contribution is 2.23. The Morgan fingerprint density at radius 1 is 1.53 bits per heavy atom. The molecule has 2 aromatic rings. The van der Waals surface area contributed by atoms with Crippen LogP contribution in [0.15, 0.2) is 18.2 Å². The molecular formula is C12H14ClN5O. The second-order valence-corrected chi connectivity index (χ2v) is 4.61. The molecule has 6 nitrogen and oxygen atoms in total. The Morgan fingerprint density at radius 2 is 2.26 bits per heavy atom. The summed E-state index contributed by atoms with van der Waals surface area (Å²) in [6.45, 7) is 2.08. The number of rotatable bonds is 3. The van der Waals surface area contributed by atoms with E-state index in [-0.39, 0.29) is 12.5 Å². The summed E-state index contributed by atoms with van der Waals surface area (Å²) in [6.07, 6.45) is 0. The Labute approximate surface area is 115 Å². The standard InChI is InChI=1S/C12H14ClN5O/c1-7-15-10(17-16-7)6-18(2)12(19)11-8(13)4-3-5-9(11)14/h3-5H,6,14H2,1-2H3,(H,15,16,17). The van der Waals surface area contributed by atoms with Crippen LogP contribution in [0.25, 0.3) is 0 Å². The van der Waals surface area contributed by atoms with Crippen LogP contribution in [0.5, 0.6) is 0 Å². The second-order valence-electron chi connectivity index (χ2n) is 4.20. The molecule has 2 rings (SSSR count). The number of nitrogens with one attached hydrogen (secondary N) is 1. The third-order valence-corrected chi connectivity index (χ3v) is 2.94. The van der Waals surface area contributed by atoms with Crippen LogP contribution in [-0.4, -0.2) is 33.0 Å². The van der Waals surface area contributed by atoms with Gasteiger partial charge in [-0.15, -0.1) is 0 Å². The maximum Gasteiger partial charge on any atom is 0.257 e. The zero-order valence-corrected chi connectivity index (χ0v) is 11.4. The number of carbonyl (C=O) groups is 1. The number of nitrogens with two attached hydrogens (primary N) is 1. The molecule has 0 saturated carbocycles. The third kappa shape index (κ3) is 2.85. The van der Waals surface area contributed by atoms with Gasteiger partial charge in [0.05, 0.1) is 17.1 Å². The Hall–Kier alpha value is -2.08. The highest BCUT2D eigenvalue weighted by atomic mass is 35.5. The van der Waals surface area contributed by atoms with Gasteiger partial charge in [0.15, 0.2) is 5.82 Å². The van der Waals surface area contributed by atoms with Crippen LogP contribution in [0.1, 0.15) is 22.0 Å². The molecule has 7 heteroatoms. The number of carbonyl (C=O) groups excluding carboxylic acids is 1. The number of aryl methyl sites for hydroxylation is 1. The number of nitrogen functional groups attached to an aromatic ring is 1. The number of hydrogen-bond acceptors (Lipinski definition) is 4. The average Bonchev–Trinajstić information content (AvgIpc) is 2.74. The minimum absolute atomic E-state index is 0.259. The van der Waals surface area contributed by atoms with Crippen LogP contribution in [-0.2, 0) is 6.54 Å². The summed E-state index contributed by atoms with van der Waals surface area (Å²) < 4.78 is 0. The van der Waals surface area contributed by atoms with Crippen molar-refractivity contribution in [2.24, 2.45) is 0 Å². The smallest absolute Gasteiger partial charge is 0.257 e. The lowest BCUT2D eigenvalue weighted by atomic mass is 10.1. The van der Waals surface area contributed by atoms with Crippen molar-refractivity contribution >= 4 is 23.2 Å². The number of benzene rings is 1. The van der Waals surface area contributed by atoms with E-state index in [1.54, 1.807) is 32.2 Å². The van der Waals surface area contributed by atoms with E-state index in [1.807, 2.05) is 0 Å². The number of H-pyrrole nitrogens is 1. The third-order valence-electron chi connectivity index (χ3n) is 2.63. The van der Waals surface area contributed by atoms with Gasteiger partial charge in [-0.3, -0.25) is 9.89 Å². The molecule has 0 unspecified atom stereocenters. The normalized spacial score (nSPS) is 10.5. The van der Waals surface area contributed by atoms with Gasteiger partial charge in [0, 0.05) is 12.7 Å². The Morgan fingerprint density at radius 3 is 2.84 bits per heavy atom. The first-order valence-corrected chi connectivity index (χ1v) is 6.04. The van der Waals surface area contributed by atoms with Gasteiger partial charge >= 0.3 is 0 Å². The number of anilines is 1. The molecule has 0 radical (unpaired) electrons. The number of aromatic nitrogens is 3. The van der Waals surface area contributed by atoms with Crippen LogP contribution in [0, 0.1) is 6.92 Å². The fourth-order valence-corrected chi connectivity index (χ4v) is 1.96. The van der Waals surface area contributed by atoms with Gasteiger partial charge in [-0.05, 0) is 19.1 Å². The van der Waals surface area contributed by atoms with E-state index in [4.69, 9.17) is 17.3 Å². The molecule has 19 heavy (non-hydrogen) atoms. The van der Waals surface area contributed by atoms with Gasteiger partial charge in [-0.25, -0.2) is 4.98 Å². The lowest BCUT2D eigenvalue weighted by Gasteiger charge is -2.17. The van der Waals surface area contributed by atoms with Crippen molar-refractivity contribution in [2.45, 2.75) is 13.5 Å². The van der Waals surface area contributed by atoms with E-state index in [1.165, 1.54) is 4.90 Å².